The van der Waals surface area contributed by atoms with Crippen LogP contribution in [0.1, 0.15) is 6.42 Å². The van der Waals surface area contributed by atoms with E-state index >= 15 is 0 Å². The minimum Gasteiger partial charge on any atom is -0.379 e. The first-order valence-electron chi connectivity index (χ1n) is 6.34. The number of methoxy groups -OCH3 is 1. The normalized spacial score (nSPS) is 27.5. The zero-order valence-corrected chi connectivity index (χ0v) is 10.6. The molecule has 0 spiro atoms. The molecule has 0 bridgehead atoms. The lowest BCUT2D eigenvalue weighted by Crippen LogP contribution is -2.45. The van der Waals surface area contributed by atoms with Crippen molar-refractivity contribution in [3.8, 4) is 0 Å². The number of morpholine rings is 1. The molecule has 2 rings (SSSR count). The van der Waals surface area contributed by atoms with E-state index in [1.165, 1.54) is 6.42 Å². The third-order valence-corrected chi connectivity index (χ3v) is 3.51. The van der Waals surface area contributed by atoms with Gasteiger partial charge in [0.05, 0.1) is 19.8 Å². The van der Waals surface area contributed by atoms with E-state index in [2.05, 4.69) is 9.80 Å². The van der Waals surface area contributed by atoms with Gasteiger partial charge >= 0.3 is 0 Å². The van der Waals surface area contributed by atoms with E-state index in [0.717, 1.165) is 39.4 Å². The second-order valence-electron chi connectivity index (χ2n) is 4.80. The van der Waals surface area contributed by atoms with Crippen LogP contribution in [0.15, 0.2) is 0 Å². The van der Waals surface area contributed by atoms with Crippen molar-refractivity contribution in [1.29, 1.82) is 0 Å². The monoisotopic (exact) mass is 242 g/mol. The van der Waals surface area contributed by atoms with Gasteiger partial charge in [0, 0.05) is 39.3 Å². The van der Waals surface area contributed by atoms with Gasteiger partial charge in [0.2, 0.25) is 0 Å². The summed E-state index contributed by atoms with van der Waals surface area (Å²) in [5.74, 6) is 0.176. The molecular weight excluding hydrogens is 220 g/mol. The third-order valence-electron chi connectivity index (χ3n) is 3.51. The maximum absolute atomic E-state index is 11.5. The summed E-state index contributed by atoms with van der Waals surface area (Å²) in [4.78, 5) is 16.2. The van der Waals surface area contributed by atoms with Crippen LogP contribution in [-0.2, 0) is 14.3 Å². The predicted molar refractivity (Wildman–Crippen MR) is 64.1 cm³/mol. The van der Waals surface area contributed by atoms with Gasteiger partial charge in [-0.05, 0) is 6.42 Å². The molecule has 0 amide bonds. The summed E-state index contributed by atoms with van der Waals surface area (Å²) in [6.07, 6.45) is 1.17. The minimum atomic E-state index is 0.176. The van der Waals surface area contributed by atoms with Gasteiger partial charge in [-0.15, -0.1) is 0 Å². The number of rotatable bonds is 5. The van der Waals surface area contributed by atoms with Gasteiger partial charge in [-0.3, -0.25) is 14.6 Å². The van der Waals surface area contributed by atoms with Crippen molar-refractivity contribution >= 4 is 5.78 Å². The van der Waals surface area contributed by atoms with Gasteiger partial charge in [0.15, 0.2) is 5.78 Å². The molecule has 0 radical (unpaired) electrons. The Morgan fingerprint density at radius 1 is 1.35 bits per heavy atom. The van der Waals surface area contributed by atoms with E-state index < -0.39 is 0 Å². The molecule has 0 aromatic carbocycles. The first-order chi connectivity index (χ1) is 8.29. The molecular formula is C12H22N2O3. The van der Waals surface area contributed by atoms with Gasteiger partial charge in [0.1, 0.15) is 6.61 Å². The molecule has 98 valence electrons. The molecule has 1 unspecified atom stereocenters. The summed E-state index contributed by atoms with van der Waals surface area (Å²) in [6, 6.07) is 0.606. The van der Waals surface area contributed by atoms with Crippen molar-refractivity contribution in [3.63, 3.8) is 0 Å². The van der Waals surface area contributed by atoms with Crippen LogP contribution in [0.25, 0.3) is 0 Å². The van der Waals surface area contributed by atoms with E-state index in [0.29, 0.717) is 12.6 Å². The number of carbonyl (C=O) groups excluding carboxylic acids is 1. The first kappa shape index (κ1) is 13.0. The highest BCUT2D eigenvalue weighted by Crippen LogP contribution is 2.16. The summed E-state index contributed by atoms with van der Waals surface area (Å²) in [7, 11) is 1.57. The van der Waals surface area contributed by atoms with Gasteiger partial charge in [0.25, 0.3) is 0 Å². The number of Topliss-reactive ketones (excluding diaryl/α,β-unsaturated/α-hetero) is 1. The van der Waals surface area contributed by atoms with Crippen molar-refractivity contribution in [2.24, 2.45) is 0 Å². The SMILES string of the molecule is COCC(=O)CN1CCC(N2CCOCC2)C1. The Morgan fingerprint density at radius 2 is 2.12 bits per heavy atom. The number of ether oxygens (including phenoxy) is 2. The molecule has 17 heavy (non-hydrogen) atoms. The standard InChI is InChI=1S/C12H22N2O3/c1-16-10-12(15)9-13-3-2-11(8-13)14-4-6-17-7-5-14/h11H,2-10H2,1H3. The van der Waals surface area contributed by atoms with Gasteiger partial charge < -0.3 is 9.47 Å². The van der Waals surface area contributed by atoms with Crippen molar-refractivity contribution in [2.75, 3.05) is 59.7 Å². The zero-order valence-electron chi connectivity index (χ0n) is 10.6. The molecule has 0 aromatic heterocycles. The van der Waals surface area contributed by atoms with E-state index in [9.17, 15) is 4.79 Å². The highest BCUT2D eigenvalue weighted by Gasteiger charge is 2.29. The second-order valence-corrected chi connectivity index (χ2v) is 4.80. The van der Waals surface area contributed by atoms with Crippen LogP contribution < -0.4 is 0 Å². The maximum Gasteiger partial charge on any atom is 0.172 e. The summed E-state index contributed by atoms with van der Waals surface area (Å²) < 4.78 is 10.2. The van der Waals surface area contributed by atoms with E-state index in [4.69, 9.17) is 9.47 Å². The zero-order chi connectivity index (χ0) is 12.1. The molecule has 2 aliphatic rings. The summed E-state index contributed by atoms with van der Waals surface area (Å²) in [5.41, 5.74) is 0. The number of hydrogen-bond acceptors (Lipinski definition) is 5. The average molecular weight is 242 g/mol. The quantitative estimate of drug-likeness (QED) is 0.657. The summed E-state index contributed by atoms with van der Waals surface area (Å²) in [5, 5.41) is 0. The predicted octanol–water partition coefficient (Wildman–Crippen LogP) is -0.392. The van der Waals surface area contributed by atoms with Crippen molar-refractivity contribution in [2.45, 2.75) is 12.5 Å². The molecule has 2 fully saturated rings. The van der Waals surface area contributed by atoms with Crippen LogP contribution in [0, 0.1) is 0 Å². The molecule has 0 N–H and O–H groups in total. The molecule has 0 saturated carbocycles. The van der Waals surface area contributed by atoms with Gasteiger partial charge in [-0.1, -0.05) is 0 Å². The van der Waals surface area contributed by atoms with Crippen LogP contribution >= 0.6 is 0 Å². The number of nitrogens with zero attached hydrogens (tertiary/aromatic N) is 2. The van der Waals surface area contributed by atoms with Crippen molar-refractivity contribution in [3.05, 3.63) is 0 Å². The molecule has 0 aliphatic carbocycles. The number of hydrogen-bond donors (Lipinski definition) is 0. The van der Waals surface area contributed by atoms with E-state index in [1.54, 1.807) is 7.11 Å². The molecule has 2 saturated heterocycles. The van der Waals surface area contributed by atoms with Crippen LogP contribution in [-0.4, -0.2) is 81.3 Å². The lowest BCUT2D eigenvalue weighted by Gasteiger charge is -2.32. The molecule has 0 aromatic rings. The number of likely N-dealkylation sites (tertiary alicyclic amines) is 1. The average Bonchev–Trinajstić information content (AvgIpc) is 2.79. The molecule has 1 atom stereocenters. The topological polar surface area (TPSA) is 42.0 Å². The number of ketones is 1. The fraction of sp³-hybridized carbons (Fsp3) is 0.917. The summed E-state index contributed by atoms with van der Waals surface area (Å²) in [6.45, 7) is 6.56. The fourth-order valence-corrected chi connectivity index (χ4v) is 2.65. The number of carbonyl (C=O) groups is 1. The second kappa shape index (κ2) is 6.44. The van der Waals surface area contributed by atoms with Crippen molar-refractivity contribution < 1.29 is 14.3 Å². The third kappa shape index (κ3) is 3.74. The van der Waals surface area contributed by atoms with Crippen LogP contribution in [0.2, 0.25) is 0 Å². The van der Waals surface area contributed by atoms with Crippen LogP contribution in [0.5, 0.6) is 0 Å². The fourth-order valence-electron chi connectivity index (χ4n) is 2.65. The lowest BCUT2D eigenvalue weighted by atomic mass is 10.2. The smallest absolute Gasteiger partial charge is 0.172 e. The minimum absolute atomic E-state index is 0.176. The van der Waals surface area contributed by atoms with E-state index in [1.807, 2.05) is 0 Å². The molecule has 5 heteroatoms. The highest BCUT2D eigenvalue weighted by molar-refractivity contribution is 5.81. The van der Waals surface area contributed by atoms with Gasteiger partial charge in [-0.25, -0.2) is 0 Å². The molecule has 5 nitrogen and oxygen atoms in total. The Morgan fingerprint density at radius 3 is 2.82 bits per heavy atom. The van der Waals surface area contributed by atoms with Crippen LogP contribution in [0.4, 0.5) is 0 Å². The van der Waals surface area contributed by atoms with Crippen molar-refractivity contribution in [1.82, 2.24) is 9.80 Å². The maximum atomic E-state index is 11.5. The Balaban J connectivity index is 1.73. The lowest BCUT2D eigenvalue weighted by molar-refractivity contribution is -0.123. The van der Waals surface area contributed by atoms with Gasteiger partial charge in [-0.2, -0.15) is 0 Å². The Labute approximate surface area is 103 Å². The first-order valence-corrected chi connectivity index (χ1v) is 6.34. The van der Waals surface area contributed by atoms with Crippen LogP contribution in [0.3, 0.4) is 0 Å². The molecule has 2 heterocycles. The Hall–Kier alpha value is -0.490. The summed E-state index contributed by atoms with van der Waals surface area (Å²) >= 11 is 0. The Kier molecular flexibility index (Phi) is 4.91. The largest absolute Gasteiger partial charge is 0.379 e. The van der Waals surface area contributed by atoms with E-state index in [-0.39, 0.29) is 12.4 Å². The highest BCUT2D eigenvalue weighted by atomic mass is 16.5. The molecule has 2 aliphatic heterocycles. The Bertz CT molecular complexity index is 254.